The molecule has 0 saturated carbocycles. The molecule has 4 heteroatoms. The number of terminal acetylenes is 1. The van der Waals surface area contributed by atoms with E-state index in [1.165, 1.54) is 4.90 Å². The minimum Gasteiger partial charge on any atom is -0.444 e. The average Bonchev–Trinajstić information content (AvgIpc) is 2.15. The summed E-state index contributed by atoms with van der Waals surface area (Å²) in [5.41, 5.74) is -0.550. The Bertz CT molecular complexity index is 303. The van der Waals surface area contributed by atoms with Gasteiger partial charge in [-0.3, -0.25) is 0 Å². The predicted molar refractivity (Wildman–Crippen MR) is 59.6 cm³/mol. The molecule has 0 bridgehead atoms. The van der Waals surface area contributed by atoms with E-state index in [4.69, 9.17) is 11.2 Å². The number of nitrogens with zero attached hydrogens (tertiary/aromatic N) is 1. The Labute approximate surface area is 95.9 Å². The van der Waals surface area contributed by atoms with Crippen molar-refractivity contribution in [3.8, 4) is 12.3 Å². The topological polar surface area (TPSA) is 29.5 Å². The molecule has 1 aliphatic heterocycles. The SMILES string of the molecule is C#C[C@H]1CCN(C(=O)OC(C)(C)C)C[C@H]1F. The first-order valence-electron chi connectivity index (χ1n) is 5.41. The Kier molecular flexibility index (Phi) is 3.79. The molecule has 0 unspecified atom stereocenters. The van der Waals surface area contributed by atoms with Gasteiger partial charge in [0, 0.05) is 6.54 Å². The first kappa shape index (κ1) is 12.8. The van der Waals surface area contributed by atoms with Crippen LogP contribution in [0.4, 0.5) is 9.18 Å². The predicted octanol–water partition coefficient (Wildman–Crippen LogP) is 2.21. The van der Waals surface area contributed by atoms with Crippen molar-refractivity contribution in [3.63, 3.8) is 0 Å². The molecule has 2 atom stereocenters. The van der Waals surface area contributed by atoms with Gasteiger partial charge in [-0.15, -0.1) is 12.3 Å². The van der Waals surface area contributed by atoms with Crippen LogP contribution in [-0.2, 0) is 4.74 Å². The van der Waals surface area contributed by atoms with E-state index >= 15 is 0 Å². The molecule has 1 heterocycles. The van der Waals surface area contributed by atoms with Gasteiger partial charge in [0.15, 0.2) is 0 Å². The normalized spacial score (nSPS) is 26.1. The molecule has 3 nitrogen and oxygen atoms in total. The second-order valence-corrected chi connectivity index (χ2v) is 5.00. The largest absolute Gasteiger partial charge is 0.444 e. The van der Waals surface area contributed by atoms with Crippen LogP contribution in [0.5, 0.6) is 0 Å². The van der Waals surface area contributed by atoms with Crippen molar-refractivity contribution in [2.45, 2.75) is 39.0 Å². The number of carbonyl (C=O) groups is 1. The lowest BCUT2D eigenvalue weighted by atomic mass is 9.96. The number of rotatable bonds is 0. The number of hydrogen-bond donors (Lipinski definition) is 0. The molecular weight excluding hydrogens is 209 g/mol. The molecular formula is C12H18FNO2. The lowest BCUT2D eigenvalue weighted by molar-refractivity contribution is 0.00977. The molecule has 1 rings (SSSR count). The summed E-state index contributed by atoms with van der Waals surface area (Å²) in [6.45, 7) is 5.85. The van der Waals surface area contributed by atoms with Crippen molar-refractivity contribution in [3.05, 3.63) is 0 Å². The zero-order chi connectivity index (χ0) is 12.3. The van der Waals surface area contributed by atoms with Gasteiger partial charge in [-0.1, -0.05) is 0 Å². The lowest BCUT2D eigenvalue weighted by Gasteiger charge is -2.33. The van der Waals surface area contributed by atoms with Crippen LogP contribution in [0.2, 0.25) is 0 Å². The third-order valence-corrected chi connectivity index (χ3v) is 2.41. The summed E-state index contributed by atoms with van der Waals surface area (Å²) >= 11 is 0. The smallest absolute Gasteiger partial charge is 0.410 e. The summed E-state index contributed by atoms with van der Waals surface area (Å²) in [5.74, 6) is 2.03. The maximum atomic E-state index is 13.5. The molecule has 0 aliphatic carbocycles. The Hall–Kier alpha value is -1.24. The number of piperidine rings is 1. The Morgan fingerprint density at radius 3 is 2.62 bits per heavy atom. The van der Waals surface area contributed by atoms with Gasteiger partial charge in [0.2, 0.25) is 0 Å². The first-order chi connectivity index (χ1) is 7.33. The van der Waals surface area contributed by atoms with Crippen LogP contribution in [0.25, 0.3) is 0 Å². The number of carbonyl (C=O) groups excluding carboxylic acids is 1. The molecule has 1 amide bonds. The van der Waals surface area contributed by atoms with Gasteiger partial charge in [0.05, 0.1) is 12.5 Å². The van der Waals surface area contributed by atoms with E-state index in [-0.39, 0.29) is 12.5 Å². The summed E-state index contributed by atoms with van der Waals surface area (Å²) in [4.78, 5) is 13.0. The van der Waals surface area contributed by atoms with Crippen LogP contribution in [0.15, 0.2) is 0 Å². The third-order valence-electron chi connectivity index (χ3n) is 2.41. The summed E-state index contributed by atoms with van der Waals surface area (Å²) in [7, 11) is 0. The van der Waals surface area contributed by atoms with Crippen LogP contribution >= 0.6 is 0 Å². The van der Waals surface area contributed by atoms with Gasteiger partial charge in [0.25, 0.3) is 0 Å². The molecule has 0 spiro atoms. The lowest BCUT2D eigenvalue weighted by Crippen LogP contribution is -2.46. The maximum Gasteiger partial charge on any atom is 0.410 e. The van der Waals surface area contributed by atoms with Crippen LogP contribution in [0, 0.1) is 18.3 Å². The molecule has 0 radical (unpaired) electrons. The van der Waals surface area contributed by atoms with Crippen molar-refractivity contribution in [2.75, 3.05) is 13.1 Å². The average molecular weight is 227 g/mol. The molecule has 90 valence electrons. The van der Waals surface area contributed by atoms with Crippen LogP contribution < -0.4 is 0 Å². The van der Waals surface area contributed by atoms with Gasteiger partial charge < -0.3 is 9.64 Å². The van der Waals surface area contributed by atoms with Gasteiger partial charge in [-0.2, -0.15) is 0 Å². The summed E-state index contributed by atoms with van der Waals surface area (Å²) in [6.07, 6.45) is 4.08. The highest BCUT2D eigenvalue weighted by molar-refractivity contribution is 5.68. The highest BCUT2D eigenvalue weighted by Gasteiger charge is 2.32. The van der Waals surface area contributed by atoms with Crippen LogP contribution in [0.3, 0.4) is 0 Å². The number of hydrogen-bond acceptors (Lipinski definition) is 2. The first-order valence-corrected chi connectivity index (χ1v) is 5.41. The number of halogens is 1. The summed E-state index contributed by atoms with van der Waals surface area (Å²) in [5, 5.41) is 0. The number of likely N-dealkylation sites (tertiary alicyclic amines) is 1. The van der Waals surface area contributed by atoms with E-state index in [0.717, 1.165) is 0 Å². The molecule has 1 saturated heterocycles. The van der Waals surface area contributed by atoms with E-state index in [1.54, 1.807) is 20.8 Å². The standard InChI is InChI=1S/C12H18FNO2/c1-5-9-6-7-14(8-10(9)13)11(15)16-12(2,3)4/h1,9-10H,6-8H2,2-4H3/t9-,10+/m0/s1. The van der Waals surface area contributed by atoms with Crippen molar-refractivity contribution in [1.82, 2.24) is 4.90 Å². The maximum absolute atomic E-state index is 13.5. The van der Waals surface area contributed by atoms with E-state index in [2.05, 4.69) is 5.92 Å². The molecule has 0 aromatic rings. The third kappa shape index (κ3) is 3.41. The zero-order valence-electron chi connectivity index (χ0n) is 10.00. The molecule has 0 aromatic heterocycles. The molecule has 16 heavy (non-hydrogen) atoms. The number of ether oxygens (including phenoxy) is 1. The zero-order valence-corrected chi connectivity index (χ0v) is 10.00. The van der Waals surface area contributed by atoms with Crippen LogP contribution in [-0.4, -0.2) is 35.9 Å². The Morgan fingerprint density at radius 1 is 1.56 bits per heavy atom. The fourth-order valence-electron chi connectivity index (χ4n) is 1.58. The van der Waals surface area contributed by atoms with E-state index in [9.17, 15) is 9.18 Å². The minimum absolute atomic E-state index is 0.0315. The fourth-order valence-corrected chi connectivity index (χ4v) is 1.58. The number of amides is 1. The minimum atomic E-state index is -1.15. The van der Waals surface area contributed by atoms with Crippen molar-refractivity contribution in [1.29, 1.82) is 0 Å². The van der Waals surface area contributed by atoms with E-state index in [1.807, 2.05) is 0 Å². The summed E-state index contributed by atoms with van der Waals surface area (Å²) in [6, 6.07) is 0. The molecule has 0 aromatic carbocycles. The van der Waals surface area contributed by atoms with E-state index < -0.39 is 17.9 Å². The Morgan fingerprint density at radius 2 is 2.19 bits per heavy atom. The summed E-state index contributed by atoms with van der Waals surface area (Å²) < 4.78 is 18.7. The highest BCUT2D eigenvalue weighted by atomic mass is 19.1. The molecule has 0 N–H and O–H groups in total. The molecule has 1 fully saturated rings. The highest BCUT2D eigenvalue weighted by Crippen LogP contribution is 2.21. The van der Waals surface area contributed by atoms with Gasteiger partial charge in [0.1, 0.15) is 11.8 Å². The van der Waals surface area contributed by atoms with Crippen molar-refractivity contribution >= 4 is 6.09 Å². The van der Waals surface area contributed by atoms with Crippen LogP contribution in [0.1, 0.15) is 27.2 Å². The van der Waals surface area contributed by atoms with Crippen molar-refractivity contribution < 1.29 is 13.9 Å². The van der Waals surface area contributed by atoms with Crippen molar-refractivity contribution in [2.24, 2.45) is 5.92 Å². The second-order valence-electron chi connectivity index (χ2n) is 5.00. The van der Waals surface area contributed by atoms with Gasteiger partial charge >= 0.3 is 6.09 Å². The Balaban J connectivity index is 2.52. The van der Waals surface area contributed by atoms with E-state index in [0.29, 0.717) is 13.0 Å². The molecule has 1 aliphatic rings. The quantitative estimate of drug-likeness (QED) is 0.594. The number of alkyl halides is 1. The van der Waals surface area contributed by atoms with Gasteiger partial charge in [-0.05, 0) is 27.2 Å². The van der Waals surface area contributed by atoms with Gasteiger partial charge in [-0.25, -0.2) is 9.18 Å². The fraction of sp³-hybridized carbons (Fsp3) is 0.750. The second kappa shape index (κ2) is 4.73. The monoisotopic (exact) mass is 227 g/mol.